The van der Waals surface area contributed by atoms with E-state index in [1.54, 1.807) is 7.11 Å². The molecule has 1 aromatic carbocycles. The second-order valence-corrected chi connectivity index (χ2v) is 4.72. The minimum atomic E-state index is -0.342. The molecule has 0 unspecified atom stereocenters. The first-order valence-electron chi connectivity index (χ1n) is 6.83. The Hall–Kier alpha value is -2.60. The van der Waals surface area contributed by atoms with Gasteiger partial charge in [0.15, 0.2) is 0 Å². The monoisotopic (exact) mass is 302 g/mol. The smallest absolute Gasteiger partial charge is 0.254 e. The Bertz CT molecular complexity index is 623. The molecule has 0 radical (unpaired) electrons. The molecule has 2 amide bonds. The molecule has 6 nitrogen and oxygen atoms in total. The Morgan fingerprint density at radius 3 is 2.73 bits per heavy atom. The molecule has 0 aliphatic heterocycles. The molecule has 2 aromatic rings. The topological polar surface area (TPSA) is 80.6 Å². The molecule has 0 spiro atoms. The van der Waals surface area contributed by atoms with Crippen LogP contribution in [-0.2, 0) is 22.7 Å². The van der Waals surface area contributed by atoms with Crippen LogP contribution in [0.2, 0.25) is 0 Å². The largest absolute Gasteiger partial charge is 0.472 e. The summed E-state index contributed by atoms with van der Waals surface area (Å²) >= 11 is 0. The van der Waals surface area contributed by atoms with Crippen LogP contribution in [0.5, 0.6) is 0 Å². The molecule has 0 bridgehead atoms. The number of carbonyl (C=O) groups excluding carboxylic acids is 2. The van der Waals surface area contributed by atoms with Crippen LogP contribution in [-0.4, -0.2) is 25.5 Å². The lowest BCUT2D eigenvalue weighted by molar-refractivity contribution is -0.120. The second-order valence-electron chi connectivity index (χ2n) is 4.72. The van der Waals surface area contributed by atoms with E-state index in [0.717, 1.165) is 11.1 Å². The van der Waals surface area contributed by atoms with E-state index in [4.69, 9.17) is 9.15 Å². The molecular formula is C16H18N2O4. The average molecular weight is 302 g/mol. The number of nitrogens with one attached hydrogen (secondary N) is 2. The van der Waals surface area contributed by atoms with Gasteiger partial charge in [-0.15, -0.1) is 0 Å². The molecule has 0 aliphatic rings. The normalized spacial score (nSPS) is 10.2. The zero-order valence-electron chi connectivity index (χ0n) is 12.3. The number of rotatable bonds is 7. The van der Waals surface area contributed by atoms with Crippen molar-refractivity contribution in [1.29, 1.82) is 0 Å². The van der Waals surface area contributed by atoms with Crippen molar-refractivity contribution in [2.75, 3.05) is 13.7 Å². The van der Waals surface area contributed by atoms with Gasteiger partial charge in [0, 0.05) is 13.7 Å². The maximum atomic E-state index is 11.7. The zero-order valence-corrected chi connectivity index (χ0v) is 12.3. The molecule has 2 N–H and O–H groups in total. The fraction of sp³-hybridized carbons (Fsp3) is 0.250. The Labute approximate surface area is 128 Å². The molecule has 22 heavy (non-hydrogen) atoms. The van der Waals surface area contributed by atoms with Crippen molar-refractivity contribution in [2.24, 2.45) is 0 Å². The predicted molar refractivity (Wildman–Crippen MR) is 80.0 cm³/mol. The van der Waals surface area contributed by atoms with E-state index >= 15 is 0 Å². The maximum Gasteiger partial charge on any atom is 0.254 e. The lowest BCUT2D eigenvalue weighted by Crippen LogP contribution is -2.36. The fourth-order valence-corrected chi connectivity index (χ4v) is 1.92. The van der Waals surface area contributed by atoms with Crippen molar-refractivity contribution in [3.8, 4) is 0 Å². The van der Waals surface area contributed by atoms with E-state index in [9.17, 15) is 9.59 Å². The fourth-order valence-electron chi connectivity index (χ4n) is 1.92. The Morgan fingerprint density at radius 1 is 1.18 bits per heavy atom. The number of ether oxygens (including phenoxy) is 1. The van der Waals surface area contributed by atoms with Gasteiger partial charge in [-0.2, -0.15) is 0 Å². The summed E-state index contributed by atoms with van der Waals surface area (Å²) in [6, 6.07) is 9.29. The Balaban J connectivity index is 1.75. The third-order valence-corrected chi connectivity index (χ3v) is 2.98. The molecule has 0 saturated carbocycles. The van der Waals surface area contributed by atoms with Crippen LogP contribution < -0.4 is 10.6 Å². The van der Waals surface area contributed by atoms with Crippen molar-refractivity contribution in [1.82, 2.24) is 10.6 Å². The van der Waals surface area contributed by atoms with E-state index in [2.05, 4.69) is 10.6 Å². The average Bonchev–Trinajstić information content (AvgIpc) is 3.06. The molecule has 0 fully saturated rings. The SMILES string of the molecule is COCc1cccc(CNC(=O)CNC(=O)c2ccoc2)c1. The maximum absolute atomic E-state index is 11.7. The highest BCUT2D eigenvalue weighted by Crippen LogP contribution is 2.06. The minimum absolute atomic E-state index is 0.0816. The van der Waals surface area contributed by atoms with Crippen LogP contribution in [0.4, 0.5) is 0 Å². The van der Waals surface area contributed by atoms with Crippen molar-refractivity contribution < 1.29 is 18.7 Å². The molecule has 0 atom stereocenters. The summed E-state index contributed by atoms with van der Waals surface area (Å²) in [6.07, 6.45) is 2.73. The van der Waals surface area contributed by atoms with Gasteiger partial charge in [-0.1, -0.05) is 24.3 Å². The highest BCUT2D eigenvalue weighted by atomic mass is 16.5. The molecule has 2 rings (SSSR count). The predicted octanol–water partition coefficient (Wildman–Crippen LogP) is 1.47. The van der Waals surface area contributed by atoms with E-state index in [0.29, 0.717) is 18.7 Å². The first kappa shape index (κ1) is 15.8. The Morgan fingerprint density at radius 2 is 2.00 bits per heavy atom. The van der Waals surface area contributed by atoms with Gasteiger partial charge in [0.25, 0.3) is 5.91 Å². The molecule has 1 heterocycles. The number of methoxy groups -OCH3 is 1. The molecule has 6 heteroatoms. The van der Waals surface area contributed by atoms with Crippen LogP contribution in [0.3, 0.4) is 0 Å². The van der Waals surface area contributed by atoms with Gasteiger partial charge in [0.2, 0.25) is 5.91 Å². The van der Waals surface area contributed by atoms with Gasteiger partial charge >= 0.3 is 0 Å². The molecule has 0 saturated heterocycles. The summed E-state index contributed by atoms with van der Waals surface area (Å²) < 4.78 is 9.87. The quantitative estimate of drug-likeness (QED) is 0.811. The molecule has 116 valence electrons. The number of furan rings is 1. The third kappa shape index (κ3) is 4.75. The number of benzene rings is 1. The number of hydrogen-bond acceptors (Lipinski definition) is 4. The van der Waals surface area contributed by atoms with Gasteiger partial charge in [0.1, 0.15) is 6.26 Å². The first-order chi connectivity index (χ1) is 10.7. The van der Waals surface area contributed by atoms with Crippen molar-refractivity contribution in [2.45, 2.75) is 13.2 Å². The first-order valence-corrected chi connectivity index (χ1v) is 6.83. The van der Waals surface area contributed by atoms with Crippen LogP contribution in [0.25, 0.3) is 0 Å². The summed E-state index contributed by atoms with van der Waals surface area (Å²) in [5.41, 5.74) is 2.41. The van der Waals surface area contributed by atoms with E-state index in [1.165, 1.54) is 18.6 Å². The van der Waals surface area contributed by atoms with E-state index < -0.39 is 0 Å². The lowest BCUT2D eigenvalue weighted by atomic mass is 10.1. The van der Waals surface area contributed by atoms with Crippen LogP contribution in [0.1, 0.15) is 21.5 Å². The van der Waals surface area contributed by atoms with Gasteiger partial charge in [-0.05, 0) is 17.2 Å². The number of amides is 2. The van der Waals surface area contributed by atoms with Gasteiger partial charge in [0.05, 0.1) is 25.0 Å². The van der Waals surface area contributed by atoms with Gasteiger partial charge < -0.3 is 19.8 Å². The molecule has 0 aliphatic carbocycles. The standard InChI is InChI=1S/C16H18N2O4/c1-21-10-13-4-2-3-12(7-13)8-17-15(19)9-18-16(20)14-5-6-22-11-14/h2-7,11H,8-10H2,1H3,(H,17,19)(H,18,20). The zero-order chi connectivity index (χ0) is 15.8. The third-order valence-electron chi connectivity index (χ3n) is 2.98. The lowest BCUT2D eigenvalue weighted by Gasteiger charge is -2.08. The number of hydrogen-bond donors (Lipinski definition) is 2. The number of carbonyl (C=O) groups is 2. The highest BCUT2D eigenvalue weighted by molar-refractivity contribution is 5.96. The van der Waals surface area contributed by atoms with Crippen LogP contribution >= 0.6 is 0 Å². The van der Waals surface area contributed by atoms with E-state index in [-0.39, 0.29) is 18.4 Å². The van der Waals surface area contributed by atoms with Crippen LogP contribution in [0.15, 0.2) is 47.3 Å². The summed E-state index contributed by atoms with van der Waals surface area (Å²) in [6.45, 7) is 0.849. The van der Waals surface area contributed by atoms with Crippen molar-refractivity contribution >= 4 is 11.8 Å². The summed E-state index contributed by atoms with van der Waals surface area (Å²) in [5.74, 6) is -0.597. The van der Waals surface area contributed by atoms with Gasteiger partial charge in [-0.25, -0.2) is 0 Å². The summed E-state index contributed by atoms with van der Waals surface area (Å²) in [5, 5.41) is 5.27. The Kier molecular flexibility index (Phi) is 5.73. The second kappa shape index (κ2) is 7.99. The molecule has 1 aromatic heterocycles. The highest BCUT2D eigenvalue weighted by Gasteiger charge is 2.08. The van der Waals surface area contributed by atoms with Crippen LogP contribution in [0, 0.1) is 0 Å². The van der Waals surface area contributed by atoms with E-state index in [1.807, 2.05) is 24.3 Å². The van der Waals surface area contributed by atoms with Crippen molar-refractivity contribution in [3.63, 3.8) is 0 Å². The van der Waals surface area contributed by atoms with Gasteiger partial charge in [-0.3, -0.25) is 9.59 Å². The molecular weight excluding hydrogens is 284 g/mol. The summed E-state index contributed by atoms with van der Waals surface area (Å²) in [4.78, 5) is 23.4. The minimum Gasteiger partial charge on any atom is -0.472 e. The van der Waals surface area contributed by atoms with Crippen molar-refractivity contribution in [3.05, 3.63) is 59.5 Å². The summed E-state index contributed by atoms with van der Waals surface area (Å²) in [7, 11) is 1.64.